The standard InChI is InChI=1S/C12H15N3OS2/c1-3-8(4-2)11-14-15-12(18-11)13-10(16)9-5-6-17-7-9/h5-8H,3-4H2,1-2H3,(H,13,15,16). The molecule has 2 rings (SSSR count). The van der Waals surface area contributed by atoms with E-state index in [0.717, 1.165) is 17.8 Å². The van der Waals surface area contributed by atoms with Gasteiger partial charge in [0.25, 0.3) is 5.91 Å². The van der Waals surface area contributed by atoms with Crippen molar-refractivity contribution < 1.29 is 4.79 Å². The third-order valence-corrected chi connectivity index (χ3v) is 4.46. The zero-order chi connectivity index (χ0) is 13.0. The highest BCUT2D eigenvalue weighted by Gasteiger charge is 2.15. The molecular formula is C12H15N3OS2. The predicted molar refractivity (Wildman–Crippen MR) is 75.5 cm³/mol. The zero-order valence-electron chi connectivity index (χ0n) is 10.3. The van der Waals surface area contributed by atoms with Crippen LogP contribution in [0.5, 0.6) is 0 Å². The number of carbonyl (C=O) groups is 1. The van der Waals surface area contributed by atoms with Gasteiger partial charge < -0.3 is 0 Å². The topological polar surface area (TPSA) is 54.9 Å². The molecule has 0 fully saturated rings. The largest absolute Gasteiger partial charge is 0.296 e. The molecule has 1 N–H and O–H groups in total. The number of anilines is 1. The van der Waals surface area contributed by atoms with Gasteiger partial charge in [-0.05, 0) is 24.3 Å². The fraction of sp³-hybridized carbons (Fsp3) is 0.417. The minimum Gasteiger partial charge on any atom is -0.296 e. The smallest absolute Gasteiger partial charge is 0.258 e. The van der Waals surface area contributed by atoms with Crippen LogP contribution in [0.15, 0.2) is 16.8 Å². The monoisotopic (exact) mass is 281 g/mol. The average Bonchev–Trinajstić information content (AvgIpc) is 3.01. The van der Waals surface area contributed by atoms with Gasteiger partial charge in [-0.2, -0.15) is 11.3 Å². The second-order valence-corrected chi connectivity index (χ2v) is 5.71. The highest BCUT2D eigenvalue weighted by atomic mass is 32.1. The fourth-order valence-corrected chi connectivity index (χ4v) is 3.29. The van der Waals surface area contributed by atoms with Crippen LogP contribution >= 0.6 is 22.7 Å². The Kier molecular flexibility index (Phi) is 4.43. The summed E-state index contributed by atoms with van der Waals surface area (Å²) in [5.74, 6) is 0.317. The number of nitrogens with zero attached hydrogens (tertiary/aromatic N) is 2. The van der Waals surface area contributed by atoms with Gasteiger partial charge in [0, 0.05) is 11.3 Å². The van der Waals surface area contributed by atoms with E-state index < -0.39 is 0 Å². The summed E-state index contributed by atoms with van der Waals surface area (Å²) in [6, 6.07) is 1.79. The second kappa shape index (κ2) is 6.06. The molecule has 1 amide bonds. The van der Waals surface area contributed by atoms with E-state index in [0.29, 0.717) is 16.6 Å². The van der Waals surface area contributed by atoms with Gasteiger partial charge in [0.15, 0.2) is 0 Å². The summed E-state index contributed by atoms with van der Waals surface area (Å²) >= 11 is 2.97. The Balaban J connectivity index is 2.05. The lowest BCUT2D eigenvalue weighted by atomic mass is 10.1. The molecule has 2 heterocycles. The van der Waals surface area contributed by atoms with Crippen LogP contribution in [0.25, 0.3) is 0 Å². The van der Waals surface area contributed by atoms with Gasteiger partial charge in [-0.3, -0.25) is 10.1 Å². The first-order valence-electron chi connectivity index (χ1n) is 5.91. The van der Waals surface area contributed by atoms with Crippen LogP contribution in [0.3, 0.4) is 0 Å². The van der Waals surface area contributed by atoms with E-state index in [2.05, 4.69) is 29.4 Å². The molecule has 4 nitrogen and oxygen atoms in total. The van der Waals surface area contributed by atoms with E-state index in [1.807, 2.05) is 10.8 Å². The molecule has 0 saturated carbocycles. The zero-order valence-corrected chi connectivity index (χ0v) is 12.0. The van der Waals surface area contributed by atoms with Crippen molar-refractivity contribution in [2.75, 3.05) is 5.32 Å². The Morgan fingerprint density at radius 3 is 2.78 bits per heavy atom. The minimum atomic E-state index is -0.122. The Bertz CT molecular complexity index is 503. The maximum absolute atomic E-state index is 11.8. The summed E-state index contributed by atoms with van der Waals surface area (Å²) in [4.78, 5) is 11.8. The van der Waals surface area contributed by atoms with Crippen molar-refractivity contribution in [1.29, 1.82) is 0 Å². The molecule has 2 aromatic heterocycles. The number of amides is 1. The van der Waals surface area contributed by atoms with E-state index in [4.69, 9.17) is 0 Å². The van der Waals surface area contributed by atoms with Crippen LogP contribution in [0, 0.1) is 0 Å². The first-order valence-corrected chi connectivity index (χ1v) is 7.67. The maximum atomic E-state index is 11.8. The lowest BCUT2D eigenvalue weighted by Crippen LogP contribution is -2.10. The van der Waals surface area contributed by atoms with Gasteiger partial charge in [0.2, 0.25) is 5.13 Å². The molecule has 2 aromatic rings. The third-order valence-electron chi connectivity index (χ3n) is 2.78. The molecule has 6 heteroatoms. The maximum Gasteiger partial charge on any atom is 0.258 e. The van der Waals surface area contributed by atoms with E-state index >= 15 is 0 Å². The van der Waals surface area contributed by atoms with Gasteiger partial charge in [-0.1, -0.05) is 25.2 Å². The molecule has 0 aliphatic carbocycles. The van der Waals surface area contributed by atoms with Gasteiger partial charge in [0.1, 0.15) is 5.01 Å². The van der Waals surface area contributed by atoms with Gasteiger partial charge in [-0.25, -0.2) is 0 Å². The van der Waals surface area contributed by atoms with Gasteiger partial charge in [0.05, 0.1) is 5.56 Å². The molecular weight excluding hydrogens is 266 g/mol. The number of nitrogens with one attached hydrogen (secondary N) is 1. The number of hydrogen-bond donors (Lipinski definition) is 1. The molecule has 18 heavy (non-hydrogen) atoms. The number of aromatic nitrogens is 2. The fourth-order valence-electron chi connectivity index (χ4n) is 1.65. The number of hydrogen-bond acceptors (Lipinski definition) is 5. The molecule has 0 saturated heterocycles. The summed E-state index contributed by atoms with van der Waals surface area (Å²) in [6.07, 6.45) is 2.09. The van der Waals surface area contributed by atoms with E-state index in [1.165, 1.54) is 22.7 Å². The predicted octanol–water partition coefficient (Wildman–Crippen LogP) is 3.76. The number of rotatable bonds is 5. The van der Waals surface area contributed by atoms with Gasteiger partial charge >= 0.3 is 0 Å². The molecule has 96 valence electrons. The summed E-state index contributed by atoms with van der Waals surface area (Å²) < 4.78 is 0. The molecule has 0 unspecified atom stereocenters. The summed E-state index contributed by atoms with van der Waals surface area (Å²) in [6.45, 7) is 4.28. The summed E-state index contributed by atoms with van der Waals surface area (Å²) in [7, 11) is 0. The number of thiophene rings is 1. The van der Waals surface area contributed by atoms with Crippen molar-refractivity contribution in [3.8, 4) is 0 Å². The Labute approximate surface area is 114 Å². The van der Waals surface area contributed by atoms with Crippen LogP contribution in [-0.2, 0) is 0 Å². The van der Waals surface area contributed by atoms with Gasteiger partial charge in [-0.15, -0.1) is 10.2 Å². The first kappa shape index (κ1) is 13.2. The normalized spacial score (nSPS) is 10.8. The van der Waals surface area contributed by atoms with Crippen molar-refractivity contribution in [1.82, 2.24) is 10.2 Å². The van der Waals surface area contributed by atoms with Crippen molar-refractivity contribution in [2.45, 2.75) is 32.6 Å². The molecule has 0 radical (unpaired) electrons. The highest BCUT2D eigenvalue weighted by Crippen LogP contribution is 2.28. The van der Waals surface area contributed by atoms with Crippen molar-refractivity contribution in [2.24, 2.45) is 0 Å². The van der Waals surface area contributed by atoms with Crippen LogP contribution < -0.4 is 5.32 Å². The van der Waals surface area contributed by atoms with E-state index in [1.54, 1.807) is 6.07 Å². The lowest BCUT2D eigenvalue weighted by molar-refractivity contribution is 0.102. The summed E-state index contributed by atoms with van der Waals surface area (Å²) in [5, 5.41) is 16.2. The van der Waals surface area contributed by atoms with E-state index in [9.17, 15) is 4.79 Å². The molecule has 0 atom stereocenters. The molecule has 0 aliphatic rings. The lowest BCUT2D eigenvalue weighted by Gasteiger charge is -2.05. The Hall–Kier alpha value is -1.27. The average molecular weight is 281 g/mol. The van der Waals surface area contributed by atoms with Crippen LogP contribution in [0.2, 0.25) is 0 Å². The first-order chi connectivity index (χ1) is 8.74. The SMILES string of the molecule is CCC(CC)c1nnc(NC(=O)c2ccsc2)s1. The molecule has 0 aromatic carbocycles. The molecule has 0 spiro atoms. The van der Waals surface area contributed by atoms with Crippen LogP contribution in [0.4, 0.5) is 5.13 Å². The van der Waals surface area contributed by atoms with E-state index in [-0.39, 0.29) is 5.91 Å². The third kappa shape index (κ3) is 2.94. The van der Waals surface area contributed by atoms with Crippen molar-refractivity contribution >= 4 is 33.7 Å². The van der Waals surface area contributed by atoms with Crippen LogP contribution in [0.1, 0.15) is 48.0 Å². The van der Waals surface area contributed by atoms with Crippen molar-refractivity contribution in [3.05, 3.63) is 27.4 Å². The quantitative estimate of drug-likeness (QED) is 0.908. The highest BCUT2D eigenvalue weighted by molar-refractivity contribution is 7.15. The van der Waals surface area contributed by atoms with Crippen LogP contribution in [-0.4, -0.2) is 16.1 Å². The number of carbonyl (C=O) groups excluding carboxylic acids is 1. The Morgan fingerprint density at radius 1 is 1.39 bits per heavy atom. The second-order valence-electron chi connectivity index (χ2n) is 3.93. The minimum absolute atomic E-state index is 0.122. The van der Waals surface area contributed by atoms with Crippen molar-refractivity contribution in [3.63, 3.8) is 0 Å². The summed E-state index contributed by atoms with van der Waals surface area (Å²) in [5.41, 5.74) is 0.666. The Morgan fingerprint density at radius 2 is 2.17 bits per heavy atom. The molecule has 0 bridgehead atoms. The molecule has 0 aliphatic heterocycles.